The Hall–Kier alpha value is -3.82. The number of halogens is 1. The molecule has 3 aromatic carbocycles. The number of nitriles is 1. The van der Waals surface area contributed by atoms with Crippen molar-refractivity contribution < 1.29 is 24.2 Å². The van der Waals surface area contributed by atoms with Gasteiger partial charge in [0.25, 0.3) is 5.91 Å². The fourth-order valence-corrected chi connectivity index (χ4v) is 5.26. The Bertz CT molecular complexity index is 1500. The van der Waals surface area contributed by atoms with Gasteiger partial charge in [0.2, 0.25) is 0 Å². The lowest BCUT2D eigenvalue weighted by Gasteiger charge is -2.14. The number of carboxylic acids is 1. The second-order valence-electron chi connectivity index (χ2n) is 7.82. The first-order chi connectivity index (χ1) is 17.8. The molecule has 4 rings (SSSR count). The van der Waals surface area contributed by atoms with E-state index in [1.165, 1.54) is 35.9 Å². The van der Waals surface area contributed by atoms with E-state index in [0.717, 1.165) is 14.7 Å². The van der Waals surface area contributed by atoms with Gasteiger partial charge in [0.1, 0.15) is 6.61 Å². The van der Waals surface area contributed by atoms with Crippen LogP contribution in [0.4, 0.5) is 5.69 Å². The standard InChI is InChI=1S/C27H20IN3O5S/c1-31-25(32)23(37-27(31)30-20-9-5-8-17(13-20)26(33)34)12-16-10-21(28)24(22(11-16)35-2)36-15-19-7-4-3-6-18(19)14-29/h3-13H,15H2,1-2H3,(H,33,34). The number of carbonyl (C=O) groups excluding carboxylic acids is 1. The monoisotopic (exact) mass is 625 g/mol. The summed E-state index contributed by atoms with van der Waals surface area (Å²) in [4.78, 5) is 30.5. The quantitative estimate of drug-likeness (QED) is 0.266. The number of amides is 1. The number of ether oxygens (including phenoxy) is 2. The summed E-state index contributed by atoms with van der Waals surface area (Å²) in [5.41, 5.74) is 2.62. The summed E-state index contributed by atoms with van der Waals surface area (Å²) >= 11 is 3.35. The molecule has 1 saturated heterocycles. The number of carbonyl (C=O) groups is 2. The van der Waals surface area contributed by atoms with Crippen LogP contribution in [0.15, 0.2) is 70.6 Å². The van der Waals surface area contributed by atoms with E-state index < -0.39 is 5.97 Å². The van der Waals surface area contributed by atoms with Gasteiger partial charge in [0, 0.05) is 12.6 Å². The zero-order chi connectivity index (χ0) is 26.5. The van der Waals surface area contributed by atoms with Crippen molar-refractivity contribution in [1.29, 1.82) is 5.26 Å². The third-order valence-corrected chi connectivity index (χ3v) is 7.24. The van der Waals surface area contributed by atoms with Crippen LogP contribution in [0.2, 0.25) is 0 Å². The van der Waals surface area contributed by atoms with E-state index >= 15 is 0 Å². The van der Waals surface area contributed by atoms with Gasteiger partial charge >= 0.3 is 5.97 Å². The van der Waals surface area contributed by atoms with E-state index in [-0.39, 0.29) is 18.1 Å². The summed E-state index contributed by atoms with van der Waals surface area (Å²) in [6.45, 7) is 0.207. The first-order valence-corrected chi connectivity index (χ1v) is 12.8. The Labute approximate surface area is 231 Å². The lowest BCUT2D eigenvalue weighted by atomic mass is 10.1. The summed E-state index contributed by atoms with van der Waals surface area (Å²) in [6.07, 6.45) is 1.75. The molecule has 3 aromatic rings. The normalized spacial score (nSPS) is 15.2. The van der Waals surface area contributed by atoms with E-state index in [1.807, 2.05) is 18.2 Å². The van der Waals surface area contributed by atoms with Crippen LogP contribution in [0.25, 0.3) is 6.08 Å². The fourth-order valence-electron chi connectivity index (χ4n) is 3.49. The van der Waals surface area contributed by atoms with E-state index in [0.29, 0.717) is 32.8 Å². The molecule has 0 atom stereocenters. The molecule has 37 heavy (non-hydrogen) atoms. The minimum absolute atomic E-state index is 0.120. The number of nitrogens with zero attached hydrogens (tertiary/aromatic N) is 3. The first-order valence-electron chi connectivity index (χ1n) is 10.9. The second-order valence-corrected chi connectivity index (χ2v) is 9.99. The Kier molecular flexibility index (Phi) is 8.15. The van der Waals surface area contributed by atoms with Gasteiger partial charge in [-0.1, -0.05) is 24.3 Å². The summed E-state index contributed by atoms with van der Waals surface area (Å²) in [5, 5.41) is 19.0. The number of hydrogen-bond donors (Lipinski definition) is 1. The highest BCUT2D eigenvalue weighted by atomic mass is 127. The number of rotatable bonds is 7. The number of thioether (sulfide) groups is 1. The van der Waals surface area contributed by atoms with Crippen molar-refractivity contribution in [3.05, 3.63) is 91.4 Å². The maximum atomic E-state index is 12.9. The summed E-state index contributed by atoms with van der Waals surface area (Å²) in [6, 6.07) is 19.3. The predicted molar refractivity (Wildman–Crippen MR) is 150 cm³/mol. The lowest BCUT2D eigenvalue weighted by molar-refractivity contribution is -0.121. The van der Waals surface area contributed by atoms with Gasteiger partial charge in [-0.05, 0) is 82.4 Å². The highest BCUT2D eigenvalue weighted by Crippen LogP contribution is 2.38. The first kappa shape index (κ1) is 26.2. The molecule has 1 N–H and O–H groups in total. The molecular weight excluding hydrogens is 605 g/mol. The average Bonchev–Trinajstić information content (AvgIpc) is 3.15. The number of likely N-dealkylation sites (N-methyl/N-ethyl adjacent to an activating group) is 1. The van der Waals surface area contributed by atoms with Gasteiger partial charge in [-0.2, -0.15) is 5.26 Å². The van der Waals surface area contributed by atoms with E-state index in [4.69, 9.17) is 9.47 Å². The van der Waals surface area contributed by atoms with Gasteiger partial charge in [-0.15, -0.1) is 0 Å². The van der Waals surface area contributed by atoms with Crippen molar-refractivity contribution >= 4 is 63.2 Å². The van der Waals surface area contributed by atoms with Crippen molar-refractivity contribution in [2.24, 2.45) is 4.99 Å². The molecule has 0 radical (unpaired) electrons. The van der Waals surface area contributed by atoms with Gasteiger partial charge in [0.05, 0.1) is 38.5 Å². The minimum Gasteiger partial charge on any atom is -0.493 e. The van der Waals surface area contributed by atoms with Crippen LogP contribution >= 0.6 is 34.4 Å². The third kappa shape index (κ3) is 5.95. The molecule has 1 aliphatic heterocycles. The van der Waals surface area contributed by atoms with Crippen molar-refractivity contribution in [3.8, 4) is 17.6 Å². The Morgan fingerprint density at radius 1 is 1.22 bits per heavy atom. The maximum Gasteiger partial charge on any atom is 0.335 e. The molecule has 186 valence electrons. The fraction of sp³-hybridized carbons (Fsp3) is 0.111. The van der Waals surface area contributed by atoms with Crippen molar-refractivity contribution in [2.75, 3.05) is 14.2 Å². The van der Waals surface area contributed by atoms with Crippen LogP contribution in [0.5, 0.6) is 11.5 Å². The van der Waals surface area contributed by atoms with Gasteiger partial charge < -0.3 is 14.6 Å². The molecular formula is C27H20IN3O5S. The molecule has 8 nitrogen and oxygen atoms in total. The average molecular weight is 625 g/mol. The largest absolute Gasteiger partial charge is 0.493 e. The van der Waals surface area contributed by atoms with Crippen LogP contribution in [0.1, 0.15) is 27.0 Å². The van der Waals surface area contributed by atoms with Crippen LogP contribution in [-0.2, 0) is 11.4 Å². The van der Waals surface area contributed by atoms with Crippen LogP contribution < -0.4 is 9.47 Å². The molecule has 0 saturated carbocycles. The molecule has 1 amide bonds. The van der Waals surface area contributed by atoms with E-state index in [2.05, 4.69) is 33.7 Å². The molecule has 0 unspecified atom stereocenters. The predicted octanol–water partition coefficient (Wildman–Crippen LogP) is 5.68. The number of hydrogen-bond acceptors (Lipinski definition) is 7. The highest BCUT2D eigenvalue weighted by molar-refractivity contribution is 14.1. The minimum atomic E-state index is -1.05. The lowest BCUT2D eigenvalue weighted by Crippen LogP contribution is -2.23. The molecule has 10 heteroatoms. The smallest absolute Gasteiger partial charge is 0.335 e. The second kappa shape index (κ2) is 11.5. The third-order valence-electron chi connectivity index (χ3n) is 5.38. The van der Waals surface area contributed by atoms with Crippen LogP contribution in [0, 0.1) is 14.9 Å². The van der Waals surface area contributed by atoms with Crippen LogP contribution in [0.3, 0.4) is 0 Å². The molecule has 0 spiro atoms. The Morgan fingerprint density at radius 2 is 2.00 bits per heavy atom. The number of aromatic carboxylic acids is 1. The molecule has 1 fully saturated rings. The number of benzene rings is 3. The number of aliphatic imine (C=N–C) groups is 1. The maximum absolute atomic E-state index is 12.9. The summed E-state index contributed by atoms with van der Waals surface area (Å²) in [5.74, 6) is -0.227. The summed E-state index contributed by atoms with van der Waals surface area (Å²) < 4.78 is 12.4. The van der Waals surface area contributed by atoms with Crippen molar-refractivity contribution in [1.82, 2.24) is 4.90 Å². The van der Waals surface area contributed by atoms with Crippen LogP contribution in [-0.4, -0.2) is 41.2 Å². The number of carboxylic acid groups (broad SMARTS) is 1. The van der Waals surface area contributed by atoms with Gasteiger partial charge in [-0.3, -0.25) is 9.69 Å². The Balaban J connectivity index is 1.58. The zero-order valence-electron chi connectivity index (χ0n) is 19.8. The summed E-state index contributed by atoms with van der Waals surface area (Å²) in [7, 11) is 3.16. The molecule has 1 heterocycles. The topological polar surface area (TPSA) is 112 Å². The molecule has 0 aliphatic carbocycles. The molecule has 0 aromatic heterocycles. The van der Waals surface area contributed by atoms with Gasteiger partial charge in [-0.25, -0.2) is 9.79 Å². The van der Waals surface area contributed by atoms with E-state index in [9.17, 15) is 20.0 Å². The zero-order valence-corrected chi connectivity index (χ0v) is 22.7. The van der Waals surface area contributed by atoms with Crippen molar-refractivity contribution in [3.63, 3.8) is 0 Å². The number of amidine groups is 1. The number of methoxy groups -OCH3 is 1. The highest BCUT2D eigenvalue weighted by Gasteiger charge is 2.30. The SMILES string of the molecule is COc1cc(C=C2SC(=Nc3cccc(C(=O)O)c3)N(C)C2=O)cc(I)c1OCc1ccccc1C#N. The Morgan fingerprint density at radius 3 is 2.73 bits per heavy atom. The molecule has 1 aliphatic rings. The van der Waals surface area contributed by atoms with E-state index in [1.54, 1.807) is 43.5 Å². The molecule has 0 bridgehead atoms. The van der Waals surface area contributed by atoms with Crippen molar-refractivity contribution in [2.45, 2.75) is 6.61 Å². The van der Waals surface area contributed by atoms with Gasteiger partial charge in [0.15, 0.2) is 16.7 Å².